The highest BCUT2D eigenvalue weighted by molar-refractivity contribution is 6.52. The van der Waals surface area contributed by atoms with Crippen LogP contribution < -0.4 is 0 Å². The van der Waals surface area contributed by atoms with Crippen LogP contribution in [0.4, 0.5) is 0 Å². The van der Waals surface area contributed by atoms with Gasteiger partial charge in [-0.3, -0.25) is 9.59 Å². The summed E-state index contributed by atoms with van der Waals surface area (Å²) in [6.07, 6.45) is 0.252. The zero-order valence-electron chi connectivity index (χ0n) is 10.0. The van der Waals surface area contributed by atoms with Crippen LogP contribution in [-0.2, 0) is 9.53 Å². The molecule has 1 aromatic rings. The first-order valence-electron chi connectivity index (χ1n) is 5.83. The molecule has 1 atom stereocenters. The van der Waals surface area contributed by atoms with Gasteiger partial charge >= 0.3 is 0 Å². The van der Waals surface area contributed by atoms with E-state index in [-0.39, 0.29) is 6.10 Å². The van der Waals surface area contributed by atoms with Crippen molar-refractivity contribution in [3.63, 3.8) is 0 Å². The van der Waals surface area contributed by atoms with E-state index in [1.165, 1.54) is 0 Å². The second kappa shape index (κ2) is 3.67. The second-order valence-corrected chi connectivity index (χ2v) is 4.67. The van der Waals surface area contributed by atoms with Gasteiger partial charge in [-0.05, 0) is 12.5 Å². The SMILES string of the molecule is C=C(C)C1CC2=C(O1)c1ccccc1C(=O)C2=O. The Balaban J connectivity index is 2.15. The molecule has 3 heteroatoms. The first-order chi connectivity index (χ1) is 8.59. The molecule has 3 nitrogen and oxygen atoms in total. The smallest absolute Gasteiger partial charge is 0.234 e. The van der Waals surface area contributed by atoms with E-state index in [0.29, 0.717) is 23.3 Å². The van der Waals surface area contributed by atoms with Crippen LogP contribution in [0.5, 0.6) is 0 Å². The fourth-order valence-electron chi connectivity index (χ4n) is 2.37. The van der Waals surface area contributed by atoms with Crippen molar-refractivity contribution in [2.24, 2.45) is 0 Å². The molecule has 0 aromatic heterocycles. The lowest BCUT2D eigenvalue weighted by Crippen LogP contribution is -2.22. The summed E-state index contributed by atoms with van der Waals surface area (Å²) in [6.45, 7) is 5.71. The number of ether oxygens (including phenoxy) is 1. The summed E-state index contributed by atoms with van der Waals surface area (Å²) in [7, 11) is 0. The molecule has 0 fully saturated rings. The number of carbonyl (C=O) groups is 2. The summed E-state index contributed by atoms with van der Waals surface area (Å²) in [6, 6.07) is 7.07. The van der Waals surface area contributed by atoms with Crippen LogP contribution in [-0.4, -0.2) is 17.7 Å². The number of benzene rings is 1. The first-order valence-corrected chi connectivity index (χ1v) is 5.83. The van der Waals surface area contributed by atoms with Gasteiger partial charge in [0.2, 0.25) is 11.6 Å². The Hall–Kier alpha value is -2.16. The van der Waals surface area contributed by atoms with Gasteiger partial charge in [0, 0.05) is 17.5 Å². The Kier molecular flexibility index (Phi) is 2.23. The zero-order valence-corrected chi connectivity index (χ0v) is 10.0. The highest BCUT2D eigenvalue weighted by Gasteiger charge is 2.39. The molecule has 0 N–H and O–H groups in total. The molecule has 0 spiro atoms. The van der Waals surface area contributed by atoms with E-state index in [2.05, 4.69) is 6.58 Å². The van der Waals surface area contributed by atoms with E-state index >= 15 is 0 Å². The predicted molar refractivity (Wildman–Crippen MR) is 67.0 cm³/mol. The minimum absolute atomic E-state index is 0.196. The Morgan fingerprint density at radius 3 is 2.56 bits per heavy atom. The molecule has 1 aliphatic carbocycles. The summed E-state index contributed by atoms with van der Waals surface area (Å²) in [5.41, 5.74) is 2.51. The molecule has 1 aliphatic heterocycles. The Morgan fingerprint density at radius 2 is 1.89 bits per heavy atom. The molecular formula is C15H12O3. The van der Waals surface area contributed by atoms with Gasteiger partial charge in [0.1, 0.15) is 11.9 Å². The third-order valence-corrected chi connectivity index (χ3v) is 3.37. The molecule has 1 aromatic carbocycles. The third kappa shape index (κ3) is 1.37. The lowest BCUT2D eigenvalue weighted by Gasteiger charge is -2.16. The standard InChI is InChI=1S/C15H12O3/c1-8(2)12-7-11-14(17)13(16)9-5-3-4-6-10(9)15(11)18-12/h3-6,12H,1,7H2,2H3. The molecule has 0 saturated carbocycles. The van der Waals surface area contributed by atoms with Crippen molar-refractivity contribution in [3.8, 4) is 0 Å². The Bertz CT molecular complexity index is 622. The van der Waals surface area contributed by atoms with Gasteiger partial charge in [-0.1, -0.05) is 30.8 Å². The summed E-state index contributed by atoms with van der Waals surface area (Å²) in [4.78, 5) is 24.0. The number of rotatable bonds is 1. The zero-order chi connectivity index (χ0) is 12.9. The maximum absolute atomic E-state index is 12.0. The van der Waals surface area contributed by atoms with E-state index in [1.807, 2.05) is 19.1 Å². The number of carbonyl (C=O) groups excluding carboxylic acids is 2. The molecule has 1 unspecified atom stereocenters. The van der Waals surface area contributed by atoms with Gasteiger partial charge in [0.15, 0.2) is 0 Å². The maximum Gasteiger partial charge on any atom is 0.234 e. The lowest BCUT2D eigenvalue weighted by atomic mass is 9.87. The van der Waals surface area contributed by atoms with Crippen LogP contribution in [0, 0.1) is 0 Å². The average Bonchev–Trinajstić information content (AvgIpc) is 2.81. The van der Waals surface area contributed by atoms with Crippen molar-refractivity contribution in [2.45, 2.75) is 19.4 Å². The molecule has 2 aliphatic rings. The number of hydrogen-bond acceptors (Lipinski definition) is 3. The molecule has 18 heavy (non-hydrogen) atoms. The number of ketones is 2. The monoisotopic (exact) mass is 240 g/mol. The van der Waals surface area contributed by atoms with Crippen molar-refractivity contribution in [1.29, 1.82) is 0 Å². The Labute approximate surface area is 105 Å². The fraction of sp³-hybridized carbons (Fsp3) is 0.200. The van der Waals surface area contributed by atoms with Gasteiger partial charge in [0.25, 0.3) is 0 Å². The van der Waals surface area contributed by atoms with Crippen molar-refractivity contribution in [2.75, 3.05) is 0 Å². The van der Waals surface area contributed by atoms with Crippen LogP contribution in [0.3, 0.4) is 0 Å². The fourth-order valence-corrected chi connectivity index (χ4v) is 2.37. The van der Waals surface area contributed by atoms with E-state index in [1.54, 1.807) is 12.1 Å². The first kappa shape index (κ1) is 11.0. The van der Waals surface area contributed by atoms with Gasteiger partial charge in [-0.15, -0.1) is 0 Å². The maximum atomic E-state index is 12.0. The molecule has 0 saturated heterocycles. The van der Waals surface area contributed by atoms with E-state index in [9.17, 15) is 9.59 Å². The molecule has 0 amide bonds. The number of hydrogen-bond donors (Lipinski definition) is 0. The van der Waals surface area contributed by atoms with Gasteiger partial charge in [-0.25, -0.2) is 0 Å². The largest absolute Gasteiger partial charge is 0.485 e. The van der Waals surface area contributed by atoms with Crippen LogP contribution in [0.25, 0.3) is 5.76 Å². The van der Waals surface area contributed by atoms with Crippen molar-refractivity contribution in [1.82, 2.24) is 0 Å². The van der Waals surface area contributed by atoms with Crippen LogP contribution in [0.1, 0.15) is 29.3 Å². The topological polar surface area (TPSA) is 43.4 Å². The van der Waals surface area contributed by atoms with E-state index in [0.717, 1.165) is 11.1 Å². The molecule has 3 rings (SSSR count). The highest BCUT2D eigenvalue weighted by atomic mass is 16.5. The minimum atomic E-state index is -0.438. The van der Waals surface area contributed by atoms with Crippen molar-refractivity contribution >= 4 is 17.3 Å². The quantitative estimate of drug-likeness (QED) is 0.559. The highest BCUT2D eigenvalue weighted by Crippen LogP contribution is 2.40. The summed E-state index contributed by atoms with van der Waals surface area (Å²) < 4.78 is 5.78. The molecule has 90 valence electrons. The van der Waals surface area contributed by atoms with Crippen LogP contribution in [0.2, 0.25) is 0 Å². The van der Waals surface area contributed by atoms with Crippen molar-refractivity contribution in [3.05, 3.63) is 53.1 Å². The van der Waals surface area contributed by atoms with Crippen LogP contribution >= 0.6 is 0 Å². The normalized spacial score (nSPS) is 21.5. The number of fused-ring (bicyclic) bond motifs is 2. The molecular weight excluding hydrogens is 228 g/mol. The second-order valence-electron chi connectivity index (χ2n) is 4.67. The third-order valence-electron chi connectivity index (χ3n) is 3.37. The molecule has 0 radical (unpaired) electrons. The van der Waals surface area contributed by atoms with Gasteiger partial charge < -0.3 is 4.74 Å². The van der Waals surface area contributed by atoms with Gasteiger partial charge in [-0.2, -0.15) is 0 Å². The van der Waals surface area contributed by atoms with Crippen molar-refractivity contribution < 1.29 is 14.3 Å². The number of Topliss-reactive ketones (excluding diaryl/α,β-unsaturated/α-hetero) is 2. The van der Waals surface area contributed by atoms with E-state index < -0.39 is 11.6 Å². The average molecular weight is 240 g/mol. The summed E-state index contributed by atoms with van der Waals surface area (Å²) in [5, 5.41) is 0. The van der Waals surface area contributed by atoms with Crippen LogP contribution in [0.15, 0.2) is 42.0 Å². The molecule has 0 bridgehead atoms. The minimum Gasteiger partial charge on any atom is -0.485 e. The Morgan fingerprint density at radius 1 is 1.22 bits per heavy atom. The van der Waals surface area contributed by atoms with Gasteiger partial charge in [0.05, 0.1) is 5.57 Å². The predicted octanol–water partition coefficient (Wildman–Crippen LogP) is 2.53. The molecule has 1 heterocycles. The summed E-state index contributed by atoms with van der Waals surface area (Å²) >= 11 is 0. The lowest BCUT2D eigenvalue weighted by molar-refractivity contribution is -0.111. The summed E-state index contributed by atoms with van der Waals surface area (Å²) in [5.74, 6) is -0.314. The van der Waals surface area contributed by atoms with E-state index in [4.69, 9.17) is 4.74 Å².